The molecule has 0 atom stereocenters. The van der Waals surface area contributed by atoms with Gasteiger partial charge in [0.05, 0.1) is 23.4 Å². The van der Waals surface area contributed by atoms with E-state index in [4.69, 9.17) is 15.3 Å². The molecular weight excluding hydrogens is 256 g/mol. The fourth-order valence-electron chi connectivity index (χ4n) is 1.81. The van der Waals surface area contributed by atoms with Crippen LogP contribution in [0, 0.1) is 0 Å². The highest BCUT2D eigenvalue weighted by Crippen LogP contribution is 2.38. The van der Waals surface area contributed by atoms with E-state index in [-0.39, 0.29) is 29.0 Å². The van der Waals surface area contributed by atoms with Gasteiger partial charge in [-0.05, 0) is 12.1 Å². The summed E-state index contributed by atoms with van der Waals surface area (Å²) in [6.45, 7) is -0.133. The first-order valence-electron chi connectivity index (χ1n) is 5.10. The van der Waals surface area contributed by atoms with Crippen LogP contribution in [0.5, 0.6) is 0 Å². The Balaban J connectivity index is 2.78. The second kappa shape index (κ2) is 4.41. The fraction of sp³-hybridized carbons (Fsp3) is 0.0909. The summed E-state index contributed by atoms with van der Waals surface area (Å²) < 4.78 is 0. The van der Waals surface area contributed by atoms with E-state index in [0.29, 0.717) is 0 Å². The predicted octanol–water partition coefficient (Wildman–Crippen LogP) is 1.28. The summed E-state index contributed by atoms with van der Waals surface area (Å²) in [6, 6.07) is 2.15. The number of carboxylic acids is 2. The summed E-state index contributed by atoms with van der Waals surface area (Å²) in [4.78, 5) is 37.8. The summed E-state index contributed by atoms with van der Waals surface area (Å²) in [5, 5.41) is 27.1. The normalized spacial score (nSPS) is 12.9. The number of carbonyl (C=O) groups is 3. The van der Waals surface area contributed by atoms with Crippen LogP contribution < -0.4 is 4.90 Å². The third-order valence-electron chi connectivity index (χ3n) is 2.60. The van der Waals surface area contributed by atoms with Crippen LogP contribution in [0.3, 0.4) is 0 Å². The molecule has 0 saturated heterocycles. The van der Waals surface area contributed by atoms with Crippen LogP contribution >= 0.6 is 0 Å². The Labute approximate surface area is 106 Å². The Morgan fingerprint density at radius 3 is 2.16 bits per heavy atom. The lowest BCUT2D eigenvalue weighted by molar-refractivity contribution is 0.0682. The number of hydrogen-bond acceptors (Lipinski definition) is 4. The van der Waals surface area contributed by atoms with Crippen molar-refractivity contribution in [1.82, 2.24) is 0 Å². The van der Waals surface area contributed by atoms with E-state index in [1.807, 2.05) is 0 Å². The molecule has 8 nitrogen and oxygen atoms in total. The zero-order chi connectivity index (χ0) is 14.2. The highest BCUT2D eigenvalue weighted by Gasteiger charge is 2.29. The Morgan fingerprint density at radius 2 is 1.63 bits per heavy atom. The van der Waals surface area contributed by atoms with Gasteiger partial charge >= 0.3 is 18.0 Å². The molecule has 1 aromatic rings. The molecule has 1 aliphatic rings. The first kappa shape index (κ1) is 12.6. The van der Waals surface area contributed by atoms with Crippen molar-refractivity contribution >= 4 is 35.6 Å². The molecule has 0 aliphatic carbocycles. The summed E-state index contributed by atoms with van der Waals surface area (Å²) in [5.41, 5.74) is -0.940. The van der Waals surface area contributed by atoms with Crippen molar-refractivity contribution in [3.05, 3.63) is 23.3 Å². The van der Waals surface area contributed by atoms with E-state index in [2.05, 4.69) is 4.99 Å². The van der Waals surface area contributed by atoms with Gasteiger partial charge in [0.15, 0.2) is 0 Å². The molecule has 19 heavy (non-hydrogen) atoms. The molecule has 1 amide bonds. The fourth-order valence-corrected chi connectivity index (χ4v) is 1.81. The summed E-state index contributed by atoms with van der Waals surface area (Å²) in [5.74, 6) is -2.66. The second-order valence-electron chi connectivity index (χ2n) is 3.67. The number of aliphatic imine (C=N–C) groups is 1. The Bertz CT molecular complexity index is 622. The van der Waals surface area contributed by atoms with E-state index in [0.717, 1.165) is 17.0 Å². The molecule has 0 saturated carbocycles. The molecule has 1 heterocycles. The Hall–Kier alpha value is -2.90. The molecule has 0 unspecified atom stereocenters. The average molecular weight is 264 g/mol. The van der Waals surface area contributed by atoms with Crippen LogP contribution in [0.2, 0.25) is 0 Å². The minimum absolute atomic E-state index is 0.133. The molecular formula is C11H8N2O6. The van der Waals surface area contributed by atoms with Gasteiger partial charge in [0, 0.05) is 6.21 Å². The molecule has 1 aromatic carbocycles. The third-order valence-corrected chi connectivity index (χ3v) is 2.60. The van der Waals surface area contributed by atoms with E-state index >= 15 is 0 Å². The molecule has 3 N–H and O–H groups in total. The van der Waals surface area contributed by atoms with Gasteiger partial charge in [-0.1, -0.05) is 0 Å². The SMILES string of the molecule is O=C(O)c1ccc(C(=O)O)c2c1N=CCN2C(=O)O. The third kappa shape index (κ3) is 1.99. The van der Waals surface area contributed by atoms with Crippen LogP contribution in [0.1, 0.15) is 20.7 Å². The smallest absolute Gasteiger partial charge is 0.412 e. The average Bonchev–Trinajstić information content (AvgIpc) is 2.35. The number of fused-ring (bicyclic) bond motifs is 1. The van der Waals surface area contributed by atoms with Crippen molar-refractivity contribution in [3.63, 3.8) is 0 Å². The minimum atomic E-state index is -1.38. The summed E-state index contributed by atoms with van der Waals surface area (Å²) in [7, 11) is 0. The molecule has 0 spiro atoms. The highest BCUT2D eigenvalue weighted by molar-refractivity contribution is 6.10. The van der Waals surface area contributed by atoms with E-state index in [1.165, 1.54) is 6.21 Å². The van der Waals surface area contributed by atoms with Gasteiger partial charge in [-0.2, -0.15) is 0 Å². The van der Waals surface area contributed by atoms with Gasteiger partial charge in [0.25, 0.3) is 0 Å². The van der Waals surface area contributed by atoms with Crippen molar-refractivity contribution in [3.8, 4) is 0 Å². The van der Waals surface area contributed by atoms with Gasteiger partial charge in [-0.15, -0.1) is 0 Å². The quantitative estimate of drug-likeness (QED) is 0.738. The molecule has 0 bridgehead atoms. The number of aromatic carboxylic acids is 2. The van der Waals surface area contributed by atoms with Crippen molar-refractivity contribution in [2.24, 2.45) is 4.99 Å². The van der Waals surface area contributed by atoms with Crippen LogP contribution in [0.25, 0.3) is 0 Å². The predicted molar refractivity (Wildman–Crippen MR) is 63.9 cm³/mol. The maximum absolute atomic E-state index is 11.1. The van der Waals surface area contributed by atoms with E-state index in [1.54, 1.807) is 0 Å². The molecule has 0 aromatic heterocycles. The number of amides is 1. The lowest BCUT2D eigenvalue weighted by Crippen LogP contribution is -2.34. The van der Waals surface area contributed by atoms with E-state index < -0.39 is 18.0 Å². The van der Waals surface area contributed by atoms with Gasteiger partial charge in [0.1, 0.15) is 5.69 Å². The van der Waals surface area contributed by atoms with Crippen molar-refractivity contribution < 1.29 is 29.7 Å². The van der Waals surface area contributed by atoms with Crippen molar-refractivity contribution in [2.45, 2.75) is 0 Å². The van der Waals surface area contributed by atoms with Crippen LogP contribution in [-0.4, -0.2) is 46.1 Å². The monoisotopic (exact) mass is 264 g/mol. The van der Waals surface area contributed by atoms with Crippen LogP contribution in [-0.2, 0) is 0 Å². The van der Waals surface area contributed by atoms with E-state index in [9.17, 15) is 14.4 Å². The second-order valence-corrected chi connectivity index (χ2v) is 3.67. The zero-order valence-corrected chi connectivity index (χ0v) is 9.40. The molecule has 0 radical (unpaired) electrons. The summed E-state index contributed by atoms with van der Waals surface area (Å²) >= 11 is 0. The van der Waals surface area contributed by atoms with Gasteiger partial charge in [-0.25, -0.2) is 14.4 Å². The molecule has 2 rings (SSSR count). The van der Waals surface area contributed by atoms with Crippen molar-refractivity contribution in [2.75, 3.05) is 11.4 Å². The van der Waals surface area contributed by atoms with Crippen molar-refractivity contribution in [1.29, 1.82) is 0 Å². The maximum atomic E-state index is 11.1. The minimum Gasteiger partial charge on any atom is -0.478 e. The van der Waals surface area contributed by atoms with Gasteiger partial charge < -0.3 is 15.3 Å². The molecule has 1 aliphatic heterocycles. The molecule has 0 fully saturated rings. The first-order chi connectivity index (χ1) is 8.93. The van der Waals surface area contributed by atoms with Gasteiger partial charge in [-0.3, -0.25) is 9.89 Å². The van der Waals surface area contributed by atoms with Gasteiger partial charge in [0.2, 0.25) is 0 Å². The Morgan fingerprint density at radius 1 is 1.05 bits per heavy atom. The largest absolute Gasteiger partial charge is 0.478 e. The lowest BCUT2D eigenvalue weighted by atomic mass is 10.0. The number of nitrogens with zero attached hydrogens (tertiary/aromatic N) is 2. The molecule has 8 heteroatoms. The first-order valence-corrected chi connectivity index (χ1v) is 5.10. The maximum Gasteiger partial charge on any atom is 0.412 e. The van der Waals surface area contributed by atoms with Crippen LogP contribution in [0.15, 0.2) is 17.1 Å². The topological polar surface area (TPSA) is 127 Å². The molecule has 98 valence electrons. The number of benzene rings is 1. The lowest BCUT2D eigenvalue weighted by Gasteiger charge is -2.25. The summed E-state index contributed by atoms with van der Waals surface area (Å²) in [6.07, 6.45) is -0.161. The zero-order valence-electron chi connectivity index (χ0n) is 9.40. The highest BCUT2D eigenvalue weighted by atomic mass is 16.4. The standard InChI is InChI=1S/C11H8N2O6/c14-9(15)5-1-2-6(10(16)17)8-7(5)12-3-4-13(8)11(18)19/h1-3H,4H2,(H,14,15)(H,16,17)(H,18,19). The number of carboxylic acid groups (broad SMARTS) is 3. The number of anilines is 1. The van der Waals surface area contributed by atoms with Crippen LogP contribution in [0.4, 0.5) is 16.2 Å². The Kier molecular flexibility index (Phi) is 2.91. The number of rotatable bonds is 2. The number of hydrogen-bond donors (Lipinski definition) is 3.